The van der Waals surface area contributed by atoms with Crippen molar-refractivity contribution < 1.29 is 26.4 Å². The maximum atomic E-state index is 12.5. The van der Waals surface area contributed by atoms with Crippen molar-refractivity contribution in [3.8, 4) is 5.75 Å². The molecule has 0 heterocycles. The predicted molar refractivity (Wildman–Crippen MR) is 102 cm³/mol. The Bertz CT molecular complexity index is 1130. The number of rotatable bonds is 7. The highest BCUT2D eigenvalue weighted by molar-refractivity contribution is 7.89. The molecule has 0 unspecified atom stereocenters. The Balaban J connectivity index is 1.89. The first-order valence-electron chi connectivity index (χ1n) is 8.25. The molecule has 4 N–H and O–H groups in total. The lowest BCUT2D eigenvalue weighted by Gasteiger charge is -2.12. The normalized spacial score (nSPS) is 14.5. The second-order valence-corrected chi connectivity index (χ2v) is 9.53. The summed E-state index contributed by atoms with van der Waals surface area (Å²) in [4.78, 5) is 12.2. The van der Waals surface area contributed by atoms with Crippen molar-refractivity contribution >= 4 is 31.6 Å². The molecule has 1 amide bonds. The van der Waals surface area contributed by atoms with Crippen LogP contribution in [0.5, 0.6) is 5.75 Å². The molecule has 0 atom stereocenters. The zero-order chi connectivity index (χ0) is 20.5. The van der Waals surface area contributed by atoms with Gasteiger partial charge in [0, 0.05) is 17.3 Å². The van der Waals surface area contributed by atoms with Gasteiger partial charge in [-0.3, -0.25) is 4.79 Å². The van der Waals surface area contributed by atoms with Crippen LogP contribution in [-0.4, -0.2) is 35.9 Å². The third-order valence-electron chi connectivity index (χ3n) is 4.03. The lowest BCUT2D eigenvalue weighted by Crippen LogP contribution is -2.26. The van der Waals surface area contributed by atoms with Gasteiger partial charge in [0.25, 0.3) is 5.91 Å². The van der Waals surface area contributed by atoms with Crippen LogP contribution in [0.15, 0.2) is 52.3 Å². The number of nitrogens with one attached hydrogen (secondary N) is 2. The van der Waals surface area contributed by atoms with Crippen LogP contribution < -0.4 is 19.9 Å². The van der Waals surface area contributed by atoms with Gasteiger partial charge < -0.3 is 10.1 Å². The Labute approximate surface area is 163 Å². The van der Waals surface area contributed by atoms with E-state index in [9.17, 15) is 21.6 Å². The van der Waals surface area contributed by atoms with Crippen molar-refractivity contribution in [2.45, 2.75) is 28.7 Å². The maximum Gasteiger partial charge on any atom is 0.255 e. The number of methoxy groups -OCH3 is 1. The number of carbonyl (C=O) groups excluding carboxylic acids is 1. The predicted octanol–water partition coefficient (Wildman–Crippen LogP) is 1.04. The van der Waals surface area contributed by atoms with Crippen molar-refractivity contribution in [2.24, 2.45) is 5.14 Å². The van der Waals surface area contributed by atoms with Gasteiger partial charge in [-0.15, -0.1) is 0 Å². The van der Waals surface area contributed by atoms with Crippen molar-refractivity contribution in [3.05, 3.63) is 48.0 Å². The molecule has 0 bridgehead atoms. The molecule has 0 aromatic heterocycles. The molecule has 0 aliphatic heterocycles. The molecule has 9 nitrogen and oxygen atoms in total. The Morgan fingerprint density at radius 3 is 2.43 bits per heavy atom. The lowest BCUT2D eigenvalue weighted by molar-refractivity contribution is 0.102. The largest absolute Gasteiger partial charge is 0.495 e. The number of sulfonamides is 2. The van der Waals surface area contributed by atoms with Gasteiger partial charge in [-0.05, 0) is 49.2 Å². The van der Waals surface area contributed by atoms with Crippen LogP contribution in [0.4, 0.5) is 5.69 Å². The number of nitrogens with two attached hydrogens (primary N) is 1. The molecule has 0 saturated heterocycles. The summed E-state index contributed by atoms with van der Waals surface area (Å²) in [6.07, 6.45) is 1.53. The van der Waals surface area contributed by atoms with Crippen LogP contribution in [0.25, 0.3) is 0 Å². The fraction of sp³-hybridized carbons (Fsp3) is 0.235. The minimum Gasteiger partial charge on any atom is -0.495 e. The van der Waals surface area contributed by atoms with Crippen molar-refractivity contribution in [2.75, 3.05) is 12.4 Å². The molecule has 2 aromatic rings. The summed E-state index contributed by atoms with van der Waals surface area (Å²) in [7, 11) is -6.43. The SMILES string of the molecule is COc1ccc(C(=O)Nc2cccc(S(N)(=O)=O)c2)cc1S(=O)(=O)NC1CC1. The van der Waals surface area contributed by atoms with E-state index in [2.05, 4.69) is 10.0 Å². The fourth-order valence-electron chi connectivity index (χ4n) is 2.47. The number of ether oxygens (including phenoxy) is 1. The molecular formula is C17H19N3O6S2. The first-order chi connectivity index (χ1) is 13.1. The van der Waals surface area contributed by atoms with Crippen LogP contribution >= 0.6 is 0 Å². The van der Waals surface area contributed by atoms with Gasteiger partial charge in [-0.2, -0.15) is 0 Å². The molecule has 0 radical (unpaired) electrons. The average molecular weight is 425 g/mol. The van der Waals surface area contributed by atoms with E-state index in [0.29, 0.717) is 0 Å². The minimum absolute atomic E-state index is 0.0676. The first kappa shape index (κ1) is 20.3. The van der Waals surface area contributed by atoms with E-state index in [4.69, 9.17) is 9.88 Å². The van der Waals surface area contributed by atoms with E-state index in [0.717, 1.165) is 12.8 Å². The van der Waals surface area contributed by atoms with Crippen molar-refractivity contribution in [3.63, 3.8) is 0 Å². The Morgan fingerprint density at radius 2 is 1.82 bits per heavy atom. The highest BCUT2D eigenvalue weighted by Crippen LogP contribution is 2.28. The van der Waals surface area contributed by atoms with E-state index in [1.165, 1.54) is 49.6 Å². The molecule has 28 heavy (non-hydrogen) atoms. The molecular weight excluding hydrogens is 406 g/mol. The molecule has 1 aliphatic carbocycles. The van der Waals surface area contributed by atoms with Crippen molar-refractivity contribution in [1.82, 2.24) is 4.72 Å². The highest BCUT2D eigenvalue weighted by atomic mass is 32.2. The number of benzene rings is 2. The van der Waals surface area contributed by atoms with Gasteiger partial charge in [0.2, 0.25) is 20.0 Å². The second kappa shape index (κ2) is 7.51. The number of carbonyl (C=O) groups is 1. The maximum absolute atomic E-state index is 12.5. The molecule has 1 fully saturated rings. The Kier molecular flexibility index (Phi) is 5.44. The average Bonchev–Trinajstić information content (AvgIpc) is 3.44. The second-order valence-electron chi connectivity index (χ2n) is 6.29. The smallest absolute Gasteiger partial charge is 0.255 e. The number of primary sulfonamides is 1. The van der Waals surface area contributed by atoms with Gasteiger partial charge in [0.05, 0.1) is 12.0 Å². The lowest BCUT2D eigenvalue weighted by atomic mass is 10.2. The first-order valence-corrected chi connectivity index (χ1v) is 11.3. The summed E-state index contributed by atoms with van der Waals surface area (Å²) < 4.78 is 55.6. The number of anilines is 1. The Morgan fingerprint density at radius 1 is 1.11 bits per heavy atom. The molecule has 2 aromatic carbocycles. The molecule has 3 rings (SSSR count). The number of hydrogen-bond acceptors (Lipinski definition) is 6. The van der Waals surface area contributed by atoms with Crippen molar-refractivity contribution in [1.29, 1.82) is 0 Å². The van der Waals surface area contributed by atoms with E-state index in [1.807, 2.05) is 0 Å². The topological polar surface area (TPSA) is 145 Å². The molecule has 1 saturated carbocycles. The summed E-state index contributed by atoms with van der Waals surface area (Å²) in [6, 6.07) is 9.33. The Hall–Kier alpha value is -2.47. The number of hydrogen-bond donors (Lipinski definition) is 3. The van der Waals surface area contributed by atoms with Crippen LogP contribution in [0, 0.1) is 0 Å². The van der Waals surface area contributed by atoms with Crippen LogP contribution in [0.3, 0.4) is 0 Å². The zero-order valence-electron chi connectivity index (χ0n) is 14.9. The van der Waals surface area contributed by atoms with Gasteiger partial charge in [-0.25, -0.2) is 26.7 Å². The third kappa shape index (κ3) is 4.68. The van der Waals surface area contributed by atoms with Crippen LogP contribution in [-0.2, 0) is 20.0 Å². The van der Waals surface area contributed by atoms with Crippen LogP contribution in [0.1, 0.15) is 23.2 Å². The van der Waals surface area contributed by atoms with Gasteiger partial charge in [0.1, 0.15) is 10.6 Å². The molecule has 11 heteroatoms. The summed E-state index contributed by atoms with van der Waals surface area (Å²) in [5, 5.41) is 7.61. The fourth-order valence-corrected chi connectivity index (χ4v) is 4.53. The van der Waals surface area contributed by atoms with Gasteiger partial charge in [0.15, 0.2) is 0 Å². The third-order valence-corrected chi connectivity index (χ3v) is 6.49. The zero-order valence-corrected chi connectivity index (χ0v) is 16.5. The minimum atomic E-state index is -3.92. The standard InChI is InChI=1S/C17H19N3O6S2/c1-26-15-8-5-11(9-16(15)28(24,25)20-12-6-7-12)17(21)19-13-3-2-4-14(10-13)27(18,22)23/h2-5,8-10,12,20H,6-7H2,1H3,(H,19,21)(H2,18,22,23). The van der Waals surface area contributed by atoms with Crippen LogP contribution in [0.2, 0.25) is 0 Å². The van der Waals surface area contributed by atoms with E-state index >= 15 is 0 Å². The summed E-state index contributed by atoms with van der Waals surface area (Å²) in [5.74, 6) is -0.502. The quantitative estimate of drug-likeness (QED) is 0.604. The molecule has 1 aliphatic rings. The molecule has 0 spiro atoms. The van der Waals surface area contributed by atoms with Gasteiger partial charge >= 0.3 is 0 Å². The monoisotopic (exact) mass is 425 g/mol. The highest BCUT2D eigenvalue weighted by Gasteiger charge is 2.30. The van der Waals surface area contributed by atoms with Gasteiger partial charge in [-0.1, -0.05) is 6.07 Å². The van der Waals surface area contributed by atoms with E-state index in [1.54, 1.807) is 0 Å². The summed E-state index contributed by atoms with van der Waals surface area (Å²) in [5.41, 5.74) is 0.269. The van der Waals surface area contributed by atoms with E-state index in [-0.39, 0.29) is 32.8 Å². The summed E-state index contributed by atoms with van der Waals surface area (Å²) >= 11 is 0. The summed E-state index contributed by atoms with van der Waals surface area (Å²) in [6.45, 7) is 0. The number of amides is 1. The van der Waals surface area contributed by atoms with E-state index < -0.39 is 26.0 Å². The molecule has 150 valence electrons.